The molecular weight excluding hydrogens is 479 g/mol. The molecular formula is C16H7Br2ClN2O4. The number of benzene rings is 2. The van der Waals surface area contributed by atoms with Crippen LogP contribution < -0.4 is 4.74 Å². The van der Waals surface area contributed by atoms with E-state index in [-0.39, 0.29) is 22.0 Å². The summed E-state index contributed by atoms with van der Waals surface area (Å²) in [5, 5.41) is 11.5. The molecule has 0 aliphatic rings. The number of non-ortho nitro benzene ring substituents is 1. The van der Waals surface area contributed by atoms with E-state index in [4.69, 9.17) is 16.3 Å². The molecule has 0 fully saturated rings. The Morgan fingerprint density at radius 2 is 1.96 bits per heavy atom. The first-order valence-corrected chi connectivity index (χ1v) is 8.73. The number of nitro groups is 1. The number of carbonyl (C=O) groups is 1. The number of fused-ring (bicyclic) bond motifs is 1. The average molecular weight is 487 g/mol. The molecule has 2 aromatic carbocycles. The average Bonchev–Trinajstić information content (AvgIpc) is 2.58. The van der Waals surface area contributed by atoms with E-state index in [1.807, 2.05) is 6.07 Å². The molecule has 25 heavy (non-hydrogen) atoms. The van der Waals surface area contributed by atoms with Crippen molar-refractivity contribution < 1.29 is 14.5 Å². The van der Waals surface area contributed by atoms with Gasteiger partial charge in [-0.15, -0.1) is 0 Å². The molecule has 3 rings (SSSR count). The highest BCUT2D eigenvalue weighted by Gasteiger charge is 2.20. The molecule has 9 heteroatoms. The Hall–Kier alpha value is -2.03. The van der Waals surface area contributed by atoms with Crippen LogP contribution in [-0.2, 0) is 0 Å². The predicted octanol–water partition coefficient (Wildman–Crippen LogP) is 5.54. The highest BCUT2D eigenvalue weighted by molar-refractivity contribution is 9.11. The fourth-order valence-electron chi connectivity index (χ4n) is 2.17. The third-order valence-electron chi connectivity index (χ3n) is 3.33. The number of rotatable bonds is 3. The van der Waals surface area contributed by atoms with E-state index in [0.29, 0.717) is 9.99 Å². The number of esters is 1. The second kappa shape index (κ2) is 7.07. The molecule has 1 heterocycles. The lowest BCUT2D eigenvalue weighted by Gasteiger charge is -2.11. The van der Waals surface area contributed by atoms with Crippen LogP contribution in [0.25, 0.3) is 10.9 Å². The maximum Gasteiger partial charge on any atom is 0.345 e. The van der Waals surface area contributed by atoms with Gasteiger partial charge in [-0.2, -0.15) is 0 Å². The van der Waals surface area contributed by atoms with Gasteiger partial charge in [0.25, 0.3) is 5.69 Å². The summed E-state index contributed by atoms with van der Waals surface area (Å²) in [6.07, 6.45) is 1.58. The summed E-state index contributed by atoms with van der Waals surface area (Å²) in [6, 6.07) is 8.88. The van der Waals surface area contributed by atoms with Gasteiger partial charge in [-0.1, -0.05) is 33.6 Å². The summed E-state index contributed by atoms with van der Waals surface area (Å²) in [5.74, 6) is -0.506. The fourth-order valence-corrected chi connectivity index (χ4v) is 3.78. The number of halogens is 3. The molecule has 0 saturated carbocycles. The monoisotopic (exact) mass is 484 g/mol. The Morgan fingerprint density at radius 1 is 1.20 bits per heavy atom. The normalized spacial score (nSPS) is 10.7. The summed E-state index contributed by atoms with van der Waals surface area (Å²) in [4.78, 5) is 26.9. The first-order chi connectivity index (χ1) is 11.9. The zero-order valence-electron chi connectivity index (χ0n) is 12.2. The standard InChI is InChI=1S/C16H7Br2ClN2O4/c17-11-7-12(18)15(14-9(11)2-1-5-20-14)25-16(22)10-4-3-8(21(23)24)6-13(10)19/h1-7H. The molecule has 1 aromatic heterocycles. The number of aromatic nitrogens is 1. The number of pyridine rings is 1. The van der Waals surface area contributed by atoms with Crippen LogP contribution in [0.4, 0.5) is 5.69 Å². The van der Waals surface area contributed by atoms with Gasteiger partial charge in [0.15, 0.2) is 5.75 Å². The van der Waals surface area contributed by atoms with Crippen molar-refractivity contribution in [2.24, 2.45) is 0 Å². The molecule has 0 aliphatic heterocycles. The molecule has 0 bridgehead atoms. The molecule has 0 unspecified atom stereocenters. The lowest BCUT2D eigenvalue weighted by molar-refractivity contribution is -0.384. The van der Waals surface area contributed by atoms with Crippen molar-refractivity contribution in [2.45, 2.75) is 0 Å². The van der Waals surface area contributed by atoms with Crippen molar-refractivity contribution in [3.8, 4) is 5.75 Å². The summed E-state index contributed by atoms with van der Waals surface area (Å²) < 4.78 is 6.77. The van der Waals surface area contributed by atoms with Crippen LogP contribution in [0, 0.1) is 10.1 Å². The lowest BCUT2D eigenvalue weighted by Crippen LogP contribution is -2.10. The first kappa shape index (κ1) is 17.8. The Kier molecular flexibility index (Phi) is 5.03. The number of nitrogens with zero attached hydrogens (tertiary/aromatic N) is 2. The van der Waals surface area contributed by atoms with Crippen LogP contribution >= 0.6 is 43.5 Å². The van der Waals surface area contributed by atoms with Gasteiger partial charge in [-0.3, -0.25) is 15.1 Å². The smallest absolute Gasteiger partial charge is 0.345 e. The Morgan fingerprint density at radius 3 is 2.64 bits per heavy atom. The van der Waals surface area contributed by atoms with E-state index in [9.17, 15) is 14.9 Å². The molecule has 3 aromatic rings. The van der Waals surface area contributed by atoms with Gasteiger partial charge in [0.05, 0.1) is 20.0 Å². The number of nitro benzene ring substituents is 1. The second-order valence-corrected chi connectivity index (χ2v) is 7.00. The lowest BCUT2D eigenvalue weighted by atomic mass is 10.2. The molecule has 0 spiro atoms. The fraction of sp³-hybridized carbons (Fsp3) is 0. The van der Waals surface area contributed by atoms with Crippen LogP contribution in [-0.4, -0.2) is 15.9 Å². The summed E-state index contributed by atoms with van der Waals surface area (Å²) in [7, 11) is 0. The van der Waals surface area contributed by atoms with Crippen LogP contribution in [0.5, 0.6) is 5.75 Å². The third-order valence-corrected chi connectivity index (χ3v) is 4.89. The van der Waals surface area contributed by atoms with E-state index in [2.05, 4.69) is 36.8 Å². The van der Waals surface area contributed by atoms with Gasteiger partial charge in [-0.25, -0.2) is 4.79 Å². The Labute approximate surface area is 163 Å². The minimum absolute atomic E-state index is 0.0196. The van der Waals surface area contributed by atoms with Gasteiger partial charge in [-0.05, 0) is 34.1 Å². The topological polar surface area (TPSA) is 82.3 Å². The highest BCUT2D eigenvalue weighted by Crippen LogP contribution is 2.38. The van der Waals surface area contributed by atoms with Crippen molar-refractivity contribution in [3.05, 3.63) is 72.2 Å². The van der Waals surface area contributed by atoms with E-state index >= 15 is 0 Å². The largest absolute Gasteiger partial charge is 0.419 e. The van der Waals surface area contributed by atoms with Crippen molar-refractivity contribution >= 4 is 66.0 Å². The van der Waals surface area contributed by atoms with Crippen LogP contribution in [0.2, 0.25) is 5.02 Å². The number of hydrogen-bond acceptors (Lipinski definition) is 5. The number of carbonyl (C=O) groups excluding carboxylic acids is 1. The summed E-state index contributed by atoms with van der Waals surface area (Å²) in [5.41, 5.74) is 0.291. The van der Waals surface area contributed by atoms with E-state index < -0.39 is 10.9 Å². The van der Waals surface area contributed by atoms with E-state index in [1.165, 1.54) is 12.1 Å². The second-order valence-electron chi connectivity index (χ2n) is 4.88. The molecule has 0 radical (unpaired) electrons. The quantitative estimate of drug-likeness (QED) is 0.210. The van der Waals surface area contributed by atoms with Gasteiger partial charge in [0, 0.05) is 28.2 Å². The minimum Gasteiger partial charge on any atom is -0.419 e. The van der Waals surface area contributed by atoms with E-state index in [0.717, 1.165) is 15.9 Å². The predicted molar refractivity (Wildman–Crippen MR) is 100 cm³/mol. The zero-order valence-corrected chi connectivity index (χ0v) is 16.1. The van der Waals surface area contributed by atoms with Gasteiger partial charge < -0.3 is 4.74 Å². The number of ether oxygens (including phenoxy) is 1. The minimum atomic E-state index is -0.741. The maximum absolute atomic E-state index is 12.5. The maximum atomic E-state index is 12.5. The van der Waals surface area contributed by atoms with Gasteiger partial charge >= 0.3 is 5.97 Å². The Bertz CT molecular complexity index is 1030. The SMILES string of the molecule is O=C(Oc1c(Br)cc(Br)c2cccnc12)c1ccc([N+](=O)[O-])cc1Cl. The molecule has 0 atom stereocenters. The number of hydrogen-bond donors (Lipinski definition) is 0. The zero-order chi connectivity index (χ0) is 18.1. The van der Waals surface area contributed by atoms with Crippen molar-refractivity contribution in [1.29, 1.82) is 0 Å². The Balaban J connectivity index is 2.02. The van der Waals surface area contributed by atoms with Gasteiger partial charge in [0.1, 0.15) is 5.52 Å². The molecule has 6 nitrogen and oxygen atoms in total. The van der Waals surface area contributed by atoms with Crippen LogP contribution in [0.1, 0.15) is 10.4 Å². The van der Waals surface area contributed by atoms with Gasteiger partial charge in [0.2, 0.25) is 0 Å². The van der Waals surface area contributed by atoms with Crippen molar-refractivity contribution in [1.82, 2.24) is 4.98 Å². The third kappa shape index (κ3) is 3.51. The van der Waals surface area contributed by atoms with E-state index in [1.54, 1.807) is 18.3 Å². The molecule has 0 amide bonds. The van der Waals surface area contributed by atoms with Crippen LogP contribution in [0.3, 0.4) is 0 Å². The van der Waals surface area contributed by atoms with Crippen molar-refractivity contribution in [3.63, 3.8) is 0 Å². The molecule has 0 saturated heterocycles. The van der Waals surface area contributed by atoms with Crippen molar-refractivity contribution in [2.75, 3.05) is 0 Å². The molecule has 0 aliphatic carbocycles. The van der Waals surface area contributed by atoms with Crippen LogP contribution in [0.15, 0.2) is 51.5 Å². The summed E-state index contributed by atoms with van der Waals surface area (Å²) >= 11 is 12.8. The summed E-state index contributed by atoms with van der Waals surface area (Å²) in [6.45, 7) is 0. The molecule has 126 valence electrons. The molecule has 0 N–H and O–H groups in total. The first-order valence-electron chi connectivity index (χ1n) is 6.77. The highest BCUT2D eigenvalue weighted by atomic mass is 79.9.